The molecule has 1 aromatic heterocycles. The van der Waals surface area contributed by atoms with Gasteiger partial charge in [-0.1, -0.05) is 11.6 Å². The second-order valence-corrected chi connectivity index (χ2v) is 4.45. The van der Waals surface area contributed by atoms with Crippen LogP contribution in [0.3, 0.4) is 0 Å². The topological polar surface area (TPSA) is 60.9 Å². The molecule has 0 bridgehead atoms. The van der Waals surface area contributed by atoms with E-state index < -0.39 is 0 Å². The molecule has 0 aliphatic heterocycles. The molecule has 0 fully saturated rings. The van der Waals surface area contributed by atoms with Gasteiger partial charge in [0.25, 0.3) is 0 Å². The standard InChI is InChI=1S/C9H14ClN3O/c1-9(2,3)13-6(5-11)4-7(10)12-8(13)14/h4H,5,11H2,1-3H3. The fourth-order valence-corrected chi connectivity index (χ4v) is 1.56. The Hall–Kier alpha value is -0.870. The Morgan fingerprint density at radius 1 is 1.57 bits per heavy atom. The van der Waals surface area contributed by atoms with E-state index in [1.807, 2.05) is 20.8 Å². The van der Waals surface area contributed by atoms with E-state index >= 15 is 0 Å². The summed E-state index contributed by atoms with van der Waals surface area (Å²) in [6.07, 6.45) is 0. The van der Waals surface area contributed by atoms with Gasteiger partial charge in [-0.3, -0.25) is 4.57 Å². The molecule has 0 spiro atoms. The predicted octanol–water partition coefficient (Wildman–Crippen LogP) is 1.11. The van der Waals surface area contributed by atoms with Crippen LogP contribution in [0.4, 0.5) is 0 Å². The highest BCUT2D eigenvalue weighted by atomic mass is 35.5. The maximum absolute atomic E-state index is 11.6. The summed E-state index contributed by atoms with van der Waals surface area (Å²) in [7, 11) is 0. The van der Waals surface area contributed by atoms with Crippen LogP contribution in [-0.2, 0) is 12.1 Å². The minimum Gasteiger partial charge on any atom is -0.325 e. The second-order valence-electron chi connectivity index (χ2n) is 4.06. The molecule has 5 heteroatoms. The number of aromatic nitrogens is 2. The summed E-state index contributed by atoms with van der Waals surface area (Å²) < 4.78 is 1.55. The Kier molecular flexibility index (Phi) is 2.97. The minimum atomic E-state index is -0.356. The smallest absolute Gasteiger partial charge is 0.325 e. The first-order valence-corrected chi connectivity index (χ1v) is 4.73. The van der Waals surface area contributed by atoms with Crippen LogP contribution in [0.2, 0.25) is 5.15 Å². The van der Waals surface area contributed by atoms with E-state index in [9.17, 15) is 4.79 Å². The average molecular weight is 216 g/mol. The van der Waals surface area contributed by atoms with Crippen LogP contribution >= 0.6 is 11.6 Å². The van der Waals surface area contributed by atoms with Crippen molar-refractivity contribution in [1.29, 1.82) is 0 Å². The molecule has 0 aliphatic carbocycles. The van der Waals surface area contributed by atoms with Crippen molar-refractivity contribution in [2.45, 2.75) is 32.9 Å². The minimum absolute atomic E-state index is 0.191. The zero-order valence-corrected chi connectivity index (χ0v) is 9.30. The summed E-state index contributed by atoms with van der Waals surface area (Å²) in [5.74, 6) is 0. The third-order valence-corrected chi connectivity index (χ3v) is 2.04. The molecule has 1 rings (SSSR count). The van der Waals surface area contributed by atoms with Crippen molar-refractivity contribution in [3.63, 3.8) is 0 Å². The number of rotatable bonds is 1. The van der Waals surface area contributed by atoms with Gasteiger partial charge in [0.1, 0.15) is 5.15 Å². The molecule has 0 aromatic carbocycles. The largest absolute Gasteiger partial charge is 0.349 e. The molecular weight excluding hydrogens is 202 g/mol. The molecule has 0 saturated carbocycles. The number of nitrogens with two attached hydrogens (primary N) is 1. The average Bonchev–Trinajstić information content (AvgIpc) is 1.99. The normalized spacial score (nSPS) is 11.8. The van der Waals surface area contributed by atoms with E-state index in [-0.39, 0.29) is 22.9 Å². The van der Waals surface area contributed by atoms with Crippen LogP contribution in [0.25, 0.3) is 0 Å². The van der Waals surface area contributed by atoms with Crippen molar-refractivity contribution in [3.8, 4) is 0 Å². The Morgan fingerprint density at radius 2 is 2.14 bits per heavy atom. The summed E-state index contributed by atoms with van der Waals surface area (Å²) in [6.45, 7) is 6.03. The molecule has 1 aromatic rings. The van der Waals surface area contributed by atoms with Crippen LogP contribution in [-0.4, -0.2) is 9.55 Å². The lowest BCUT2D eigenvalue weighted by atomic mass is 10.1. The van der Waals surface area contributed by atoms with Gasteiger partial charge in [-0.25, -0.2) is 4.79 Å². The zero-order valence-electron chi connectivity index (χ0n) is 8.54. The molecular formula is C9H14ClN3O. The van der Waals surface area contributed by atoms with Crippen molar-refractivity contribution in [1.82, 2.24) is 9.55 Å². The molecule has 0 unspecified atom stereocenters. The molecule has 0 saturated heterocycles. The third-order valence-electron chi connectivity index (χ3n) is 1.85. The second kappa shape index (κ2) is 3.71. The van der Waals surface area contributed by atoms with Gasteiger partial charge in [0, 0.05) is 17.8 Å². The lowest BCUT2D eigenvalue weighted by molar-refractivity contribution is 0.364. The quantitative estimate of drug-likeness (QED) is 0.714. The van der Waals surface area contributed by atoms with Crippen molar-refractivity contribution in [2.75, 3.05) is 0 Å². The van der Waals surface area contributed by atoms with Crippen molar-refractivity contribution in [2.24, 2.45) is 5.73 Å². The van der Waals surface area contributed by atoms with E-state index in [1.165, 1.54) is 0 Å². The number of halogens is 1. The van der Waals surface area contributed by atoms with Gasteiger partial charge in [0.15, 0.2) is 0 Å². The van der Waals surface area contributed by atoms with Crippen molar-refractivity contribution < 1.29 is 0 Å². The highest BCUT2D eigenvalue weighted by Gasteiger charge is 2.18. The molecule has 4 nitrogen and oxygen atoms in total. The zero-order chi connectivity index (χ0) is 10.9. The first kappa shape index (κ1) is 11.2. The summed E-state index contributed by atoms with van der Waals surface area (Å²) in [4.78, 5) is 15.2. The van der Waals surface area contributed by atoms with E-state index in [2.05, 4.69) is 4.98 Å². The van der Waals surface area contributed by atoms with Gasteiger partial charge >= 0.3 is 5.69 Å². The first-order chi connectivity index (χ1) is 6.36. The number of hydrogen-bond donors (Lipinski definition) is 1. The molecule has 0 amide bonds. The van der Waals surface area contributed by atoms with Gasteiger partial charge in [-0.05, 0) is 26.8 Å². The molecule has 14 heavy (non-hydrogen) atoms. The molecule has 0 aliphatic rings. The van der Waals surface area contributed by atoms with Crippen LogP contribution in [0.15, 0.2) is 10.9 Å². The van der Waals surface area contributed by atoms with E-state index in [4.69, 9.17) is 17.3 Å². The molecule has 2 N–H and O–H groups in total. The SMILES string of the molecule is CC(C)(C)n1c(CN)cc(Cl)nc1=O. The maximum Gasteiger partial charge on any atom is 0.349 e. The lowest BCUT2D eigenvalue weighted by Crippen LogP contribution is -2.38. The Labute approximate surface area is 87.7 Å². The number of nitrogens with zero attached hydrogens (tertiary/aromatic N) is 2. The van der Waals surface area contributed by atoms with Crippen LogP contribution in [0.1, 0.15) is 26.5 Å². The van der Waals surface area contributed by atoms with E-state index in [1.54, 1.807) is 10.6 Å². The van der Waals surface area contributed by atoms with Crippen molar-refractivity contribution >= 4 is 11.6 Å². The summed E-state index contributed by atoms with van der Waals surface area (Å²) >= 11 is 5.67. The monoisotopic (exact) mass is 215 g/mol. The van der Waals surface area contributed by atoms with Gasteiger partial charge in [0.05, 0.1) is 0 Å². The van der Waals surface area contributed by atoms with Gasteiger partial charge in [-0.2, -0.15) is 4.98 Å². The first-order valence-electron chi connectivity index (χ1n) is 4.35. The Bertz CT molecular complexity index is 392. The van der Waals surface area contributed by atoms with Crippen LogP contribution in [0.5, 0.6) is 0 Å². The lowest BCUT2D eigenvalue weighted by Gasteiger charge is -2.24. The fourth-order valence-electron chi connectivity index (χ4n) is 1.37. The molecule has 0 atom stereocenters. The third kappa shape index (κ3) is 2.13. The number of hydrogen-bond acceptors (Lipinski definition) is 3. The van der Waals surface area contributed by atoms with E-state index in [0.29, 0.717) is 5.69 Å². The maximum atomic E-state index is 11.6. The van der Waals surface area contributed by atoms with Gasteiger partial charge in [0.2, 0.25) is 0 Å². The fraction of sp³-hybridized carbons (Fsp3) is 0.556. The Balaban J connectivity index is 3.49. The van der Waals surface area contributed by atoms with Gasteiger partial charge in [-0.15, -0.1) is 0 Å². The van der Waals surface area contributed by atoms with Gasteiger partial charge < -0.3 is 5.73 Å². The Morgan fingerprint density at radius 3 is 2.57 bits per heavy atom. The van der Waals surface area contributed by atoms with Crippen LogP contribution < -0.4 is 11.4 Å². The summed E-state index contributed by atoms with van der Waals surface area (Å²) in [5.41, 5.74) is 5.55. The highest BCUT2D eigenvalue weighted by molar-refractivity contribution is 6.29. The van der Waals surface area contributed by atoms with Crippen molar-refractivity contribution in [3.05, 3.63) is 27.4 Å². The molecule has 78 valence electrons. The van der Waals surface area contributed by atoms with Crippen LogP contribution in [0, 0.1) is 0 Å². The molecule has 1 heterocycles. The summed E-state index contributed by atoms with van der Waals surface area (Å²) in [5, 5.41) is 0.191. The van der Waals surface area contributed by atoms with E-state index in [0.717, 1.165) is 0 Å². The molecule has 0 radical (unpaired) electrons. The summed E-state index contributed by atoms with van der Waals surface area (Å²) in [6, 6.07) is 1.62. The highest BCUT2D eigenvalue weighted by Crippen LogP contribution is 2.15. The predicted molar refractivity (Wildman–Crippen MR) is 56.4 cm³/mol.